The molecule has 1 N–H and O–H groups in total. The normalized spacial score (nSPS) is 10.8. The Kier molecular flexibility index (Phi) is 7.47. The smallest absolute Gasteiger partial charge is 0.255 e. The molecule has 0 aliphatic rings. The van der Waals surface area contributed by atoms with Crippen LogP contribution in [0.5, 0.6) is 5.75 Å². The highest BCUT2D eigenvalue weighted by atomic mass is 79.9. The summed E-state index contributed by atoms with van der Waals surface area (Å²) >= 11 is 3.44. The molecule has 134 valence electrons. The maximum atomic E-state index is 12.4. The molecule has 0 aromatic heterocycles. The lowest BCUT2D eigenvalue weighted by atomic mass is 10.1. The highest BCUT2D eigenvalue weighted by Gasteiger charge is 2.10. The number of ether oxygens (including phenoxy) is 1. The van der Waals surface area contributed by atoms with E-state index >= 15 is 0 Å². The number of nitrogens with zero attached hydrogens (tertiary/aromatic N) is 1. The lowest BCUT2D eigenvalue weighted by molar-refractivity contribution is 0.102. The van der Waals surface area contributed by atoms with Crippen molar-refractivity contribution < 1.29 is 9.53 Å². The molecule has 0 aliphatic carbocycles. The number of hydrogen-bond donors (Lipinski definition) is 1. The van der Waals surface area contributed by atoms with Crippen molar-refractivity contribution >= 4 is 27.5 Å². The molecule has 0 fully saturated rings. The molecule has 4 nitrogen and oxygen atoms in total. The van der Waals surface area contributed by atoms with Gasteiger partial charge in [0.15, 0.2) is 0 Å². The van der Waals surface area contributed by atoms with Crippen LogP contribution in [-0.4, -0.2) is 30.5 Å². The van der Waals surface area contributed by atoms with E-state index in [4.69, 9.17) is 4.74 Å². The van der Waals surface area contributed by atoms with Crippen molar-refractivity contribution in [3.63, 3.8) is 0 Å². The van der Waals surface area contributed by atoms with Gasteiger partial charge in [-0.1, -0.05) is 26.0 Å². The second kappa shape index (κ2) is 9.59. The zero-order valence-corrected chi connectivity index (χ0v) is 16.6. The number of carbonyl (C=O) groups is 1. The van der Waals surface area contributed by atoms with Gasteiger partial charge in [-0.25, -0.2) is 0 Å². The molecular formula is C20H25BrN2O2. The van der Waals surface area contributed by atoms with Crippen molar-refractivity contribution in [2.75, 3.05) is 25.0 Å². The number of anilines is 1. The molecule has 25 heavy (non-hydrogen) atoms. The van der Waals surface area contributed by atoms with E-state index in [0.717, 1.165) is 35.5 Å². The van der Waals surface area contributed by atoms with Gasteiger partial charge in [-0.3, -0.25) is 9.69 Å². The third kappa shape index (κ3) is 5.58. The van der Waals surface area contributed by atoms with Crippen LogP contribution in [0.25, 0.3) is 0 Å². The topological polar surface area (TPSA) is 41.6 Å². The minimum atomic E-state index is -0.139. The quantitative estimate of drug-likeness (QED) is 0.676. The van der Waals surface area contributed by atoms with Crippen LogP contribution in [-0.2, 0) is 6.54 Å². The molecule has 0 bridgehead atoms. The Labute approximate surface area is 158 Å². The zero-order chi connectivity index (χ0) is 18.2. The number of nitrogens with one attached hydrogen (secondary N) is 1. The molecule has 2 aromatic carbocycles. The van der Waals surface area contributed by atoms with Gasteiger partial charge in [-0.15, -0.1) is 0 Å². The summed E-state index contributed by atoms with van der Waals surface area (Å²) in [6, 6.07) is 13.3. The third-order valence-corrected chi connectivity index (χ3v) is 4.63. The van der Waals surface area contributed by atoms with Crippen LogP contribution in [0, 0.1) is 0 Å². The SMILES string of the molecule is CCOc1ccc(C(=O)Nc2ccc(CN(CC)CC)cc2)cc1Br. The predicted molar refractivity (Wildman–Crippen MR) is 106 cm³/mol. The van der Waals surface area contributed by atoms with E-state index in [2.05, 4.69) is 52.1 Å². The monoisotopic (exact) mass is 404 g/mol. The first-order chi connectivity index (χ1) is 12.1. The van der Waals surface area contributed by atoms with Crippen LogP contribution in [0.2, 0.25) is 0 Å². The number of carbonyl (C=O) groups excluding carboxylic acids is 1. The summed E-state index contributed by atoms with van der Waals surface area (Å²) in [5, 5.41) is 2.93. The fraction of sp³-hybridized carbons (Fsp3) is 0.350. The van der Waals surface area contributed by atoms with Gasteiger partial charge in [-0.05, 0) is 71.8 Å². The maximum absolute atomic E-state index is 12.4. The molecule has 0 atom stereocenters. The number of rotatable bonds is 8. The Morgan fingerprint density at radius 3 is 2.32 bits per heavy atom. The largest absolute Gasteiger partial charge is 0.493 e. The number of amides is 1. The van der Waals surface area contributed by atoms with Crippen LogP contribution in [0.4, 0.5) is 5.69 Å². The van der Waals surface area contributed by atoms with Crippen molar-refractivity contribution in [1.29, 1.82) is 0 Å². The third-order valence-electron chi connectivity index (χ3n) is 4.01. The van der Waals surface area contributed by atoms with Crippen molar-refractivity contribution in [3.8, 4) is 5.75 Å². The fourth-order valence-electron chi connectivity index (χ4n) is 2.52. The lowest BCUT2D eigenvalue weighted by Crippen LogP contribution is -2.22. The van der Waals surface area contributed by atoms with Crippen LogP contribution in [0.15, 0.2) is 46.9 Å². The summed E-state index contributed by atoms with van der Waals surface area (Å²) in [4.78, 5) is 14.8. The van der Waals surface area contributed by atoms with Crippen molar-refractivity contribution in [3.05, 3.63) is 58.1 Å². The molecule has 0 spiro atoms. The molecule has 2 rings (SSSR count). The number of hydrogen-bond acceptors (Lipinski definition) is 3. The molecule has 0 saturated heterocycles. The molecule has 5 heteroatoms. The standard InChI is InChI=1S/C20H25BrN2O2/c1-4-23(5-2)14-15-7-10-17(11-8-15)22-20(24)16-9-12-19(25-6-3)18(21)13-16/h7-13H,4-6,14H2,1-3H3,(H,22,24). The van der Waals surface area contributed by atoms with E-state index in [1.165, 1.54) is 5.56 Å². The van der Waals surface area contributed by atoms with E-state index in [9.17, 15) is 4.79 Å². The van der Waals surface area contributed by atoms with Gasteiger partial charge in [0, 0.05) is 17.8 Å². The highest BCUT2D eigenvalue weighted by Crippen LogP contribution is 2.26. The van der Waals surface area contributed by atoms with Gasteiger partial charge in [0.1, 0.15) is 5.75 Å². The lowest BCUT2D eigenvalue weighted by Gasteiger charge is -2.18. The van der Waals surface area contributed by atoms with E-state index in [1.54, 1.807) is 18.2 Å². The van der Waals surface area contributed by atoms with E-state index in [-0.39, 0.29) is 5.91 Å². The summed E-state index contributed by atoms with van der Waals surface area (Å²) < 4.78 is 6.24. The minimum Gasteiger partial charge on any atom is -0.493 e. The van der Waals surface area contributed by atoms with Gasteiger partial charge in [-0.2, -0.15) is 0 Å². The van der Waals surface area contributed by atoms with E-state index in [0.29, 0.717) is 12.2 Å². The van der Waals surface area contributed by atoms with Crippen molar-refractivity contribution in [2.24, 2.45) is 0 Å². The van der Waals surface area contributed by atoms with Crippen LogP contribution < -0.4 is 10.1 Å². The number of halogens is 1. The number of benzene rings is 2. The second-order valence-electron chi connectivity index (χ2n) is 5.69. The summed E-state index contributed by atoms with van der Waals surface area (Å²) in [6.07, 6.45) is 0. The Morgan fingerprint density at radius 2 is 1.76 bits per heavy atom. The zero-order valence-electron chi connectivity index (χ0n) is 15.0. The fourth-order valence-corrected chi connectivity index (χ4v) is 3.01. The molecule has 0 saturated carbocycles. The van der Waals surface area contributed by atoms with Gasteiger partial charge in [0.25, 0.3) is 5.91 Å². The molecule has 2 aromatic rings. The average molecular weight is 405 g/mol. The Bertz CT molecular complexity index is 697. The van der Waals surface area contributed by atoms with Gasteiger partial charge in [0.05, 0.1) is 11.1 Å². The maximum Gasteiger partial charge on any atom is 0.255 e. The van der Waals surface area contributed by atoms with E-state index in [1.807, 2.05) is 19.1 Å². The summed E-state index contributed by atoms with van der Waals surface area (Å²) in [5.41, 5.74) is 2.62. The van der Waals surface area contributed by atoms with Crippen molar-refractivity contribution in [2.45, 2.75) is 27.3 Å². The van der Waals surface area contributed by atoms with Crippen LogP contribution in [0.3, 0.4) is 0 Å². The molecular weight excluding hydrogens is 380 g/mol. The second-order valence-corrected chi connectivity index (χ2v) is 6.54. The molecule has 0 unspecified atom stereocenters. The van der Waals surface area contributed by atoms with Gasteiger partial charge >= 0.3 is 0 Å². The van der Waals surface area contributed by atoms with Crippen LogP contribution in [0.1, 0.15) is 36.7 Å². The Morgan fingerprint density at radius 1 is 1.08 bits per heavy atom. The van der Waals surface area contributed by atoms with Gasteiger partial charge in [0.2, 0.25) is 0 Å². The minimum absolute atomic E-state index is 0.139. The molecule has 1 amide bonds. The highest BCUT2D eigenvalue weighted by molar-refractivity contribution is 9.10. The predicted octanol–water partition coefficient (Wildman–Crippen LogP) is 4.94. The van der Waals surface area contributed by atoms with Crippen LogP contribution >= 0.6 is 15.9 Å². The average Bonchev–Trinajstić information content (AvgIpc) is 2.62. The Balaban J connectivity index is 2.01. The molecule has 0 heterocycles. The first-order valence-corrected chi connectivity index (χ1v) is 9.41. The summed E-state index contributed by atoms with van der Waals surface area (Å²) in [6.45, 7) is 9.82. The summed E-state index contributed by atoms with van der Waals surface area (Å²) in [5.74, 6) is 0.597. The van der Waals surface area contributed by atoms with Crippen molar-refractivity contribution in [1.82, 2.24) is 4.90 Å². The first kappa shape index (κ1) is 19.5. The van der Waals surface area contributed by atoms with Gasteiger partial charge < -0.3 is 10.1 Å². The van der Waals surface area contributed by atoms with E-state index < -0.39 is 0 Å². The molecule has 0 radical (unpaired) electrons. The Hall–Kier alpha value is -1.85. The summed E-state index contributed by atoms with van der Waals surface area (Å²) in [7, 11) is 0. The molecule has 0 aliphatic heterocycles. The first-order valence-electron chi connectivity index (χ1n) is 8.62.